The van der Waals surface area contributed by atoms with E-state index in [9.17, 15) is 18.7 Å². The number of nitrogens with zero attached hydrogens (tertiary/aromatic N) is 4. The molecular formula is C19H22N5NaO5S. The number of aromatic hydroxyl groups is 1. The number of H-pyrrole nitrogens is 1. The van der Waals surface area contributed by atoms with Crippen molar-refractivity contribution in [3.63, 3.8) is 0 Å². The quantitative estimate of drug-likeness (QED) is 0.386. The van der Waals surface area contributed by atoms with Crippen molar-refractivity contribution in [2.24, 2.45) is 0 Å². The Hall–Kier alpha value is -2.05. The first kappa shape index (κ1) is 25.2. The first-order valence-corrected chi connectivity index (χ1v) is 10.3. The minimum atomic E-state index is -2.34. The van der Waals surface area contributed by atoms with Crippen LogP contribution in [0.3, 0.4) is 0 Å². The summed E-state index contributed by atoms with van der Waals surface area (Å²) in [5.74, 6) is -0.557. The Bertz CT molecular complexity index is 1110. The van der Waals surface area contributed by atoms with Crippen molar-refractivity contribution in [3.8, 4) is 17.4 Å². The number of pyridine rings is 1. The van der Waals surface area contributed by atoms with Crippen LogP contribution in [-0.2, 0) is 28.1 Å². The number of nitrogens with one attached hydrogen (secondary N) is 1. The van der Waals surface area contributed by atoms with Crippen molar-refractivity contribution in [2.45, 2.75) is 38.7 Å². The molecular weight excluding hydrogens is 433 g/mol. The molecule has 3 rings (SSSR count). The van der Waals surface area contributed by atoms with E-state index >= 15 is 0 Å². The van der Waals surface area contributed by atoms with E-state index in [1.165, 1.54) is 11.0 Å². The molecule has 31 heavy (non-hydrogen) atoms. The summed E-state index contributed by atoms with van der Waals surface area (Å²) in [5, 5.41) is 9.78. The second-order valence-electron chi connectivity index (χ2n) is 7.75. The first-order chi connectivity index (χ1) is 14.0. The van der Waals surface area contributed by atoms with Crippen LogP contribution in [-0.4, -0.2) is 57.4 Å². The van der Waals surface area contributed by atoms with Crippen molar-refractivity contribution in [3.05, 3.63) is 35.7 Å². The Kier molecular flexibility index (Phi) is 8.17. The second kappa shape index (κ2) is 10.0. The summed E-state index contributed by atoms with van der Waals surface area (Å²) in [6.45, 7) is 5.70. The number of aromatic nitrogens is 4. The molecule has 1 atom stereocenters. The molecule has 0 fully saturated rings. The Morgan fingerprint density at radius 3 is 2.61 bits per heavy atom. The molecule has 0 saturated carbocycles. The molecule has 160 valence electrons. The number of hydrogen-bond donors (Lipinski definition) is 2. The number of ether oxygens (including phenoxy) is 1. The topological polar surface area (TPSA) is 144 Å². The van der Waals surface area contributed by atoms with Crippen LogP contribution < -0.4 is 29.6 Å². The molecule has 12 heteroatoms. The van der Waals surface area contributed by atoms with Gasteiger partial charge in [0.15, 0.2) is 5.82 Å². The summed E-state index contributed by atoms with van der Waals surface area (Å²) in [6, 6.07) is 6.41. The summed E-state index contributed by atoms with van der Waals surface area (Å²) >= 11 is -2.34. The second-order valence-corrected chi connectivity index (χ2v) is 8.65. The van der Waals surface area contributed by atoms with E-state index in [1.807, 2.05) is 0 Å². The Balaban J connectivity index is 0.00000341. The summed E-state index contributed by atoms with van der Waals surface area (Å²) in [7, 11) is 1.64. The number of amides is 1. The van der Waals surface area contributed by atoms with Crippen LogP contribution in [0.2, 0.25) is 0 Å². The Labute approximate surface area is 204 Å². The molecule has 0 saturated heterocycles. The number of aromatic amines is 1. The van der Waals surface area contributed by atoms with Crippen molar-refractivity contribution < 1.29 is 53.0 Å². The maximum Gasteiger partial charge on any atom is 1.00 e. The zero-order chi connectivity index (χ0) is 22.1. The van der Waals surface area contributed by atoms with E-state index in [-0.39, 0.29) is 52.7 Å². The molecule has 1 amide bonds. The van der Waals surface area contributed by atoms with Gasteiger partial charge < -0.3 is 24.3 Å². The van der Waals surface area contributed by atoms with Crippen molar-refractivity contribution >= 4 is 28.2 Å². The third-order valence-electron chi connectivity index (χ3n) is 3.90. The van der Waals surface area contributed by atoms with Gasteiger partial charge in [-0.15, -0.1) is 0 Å². The molecule has 0 bridgehead atoms. The number of fused-ring (bicyclic) bond motifs is 1. The van der Waals surface area contributed by atoms with E-state index in [1.54, 1.807) is 46.0 Å². The van der Waals surface area contributed by atoms with Gasteiger partial charge in [0.1, 0.15) is 11.3 Å². The van der Waals surface area contributed by atoms with E-state index < -0.39 is 22.8 Å². The van der Waals surface area contributed by atoms with Gasteiger partial charge in [0.05, 0.1) is 29.0 Å². The summed E-state index contributed by atoms with van der Waals surface area (Å²) in [4.78, 5) is 29.4. The largest absolute Gasteiger partial charge is 1.00 e. The summed E-state index contributed by atoms with van der Waals surface area (Å²) < 4.78 is 27.2. The van der Waals surface area contributed by atoms with Crippen molar-refractivity contribution in [2.75, 3.05) is 7.05 Å². The predicted molar refractivity (Wildman–Crippen MR) is 109 cm³/mol. The molecule has 0 aliphatic carbocycles. The van der Waals surface area contributed by atoms with Crippen LogP contribution in [0.25, 0.3) is 22.6 Å². The minimum absolute atomic E-state index is 0. The van der Waals surface area contributed by atoms with Crippen LogP contribution in [0.1, 0.15) is 32.2 Å². The maximum atomic E-state index is 12.1. The van der Waals surface area contributed by atoms with Gasteiger partial charge >= 0.3 is 35.7 Å². The van der Waals surface area contributed by atoms with E-state index in [0.717, 1.165) is 11.2 Å². The Morgan fingerprint density at radius 1 is 1.26 bits per heavy atom. The minimum Gasteiger partial charge on any atom is -0.772 e. The zero-order valence-electron chi connectivity index (χ0n) is 18.0. The molecule has 3 aromatic heterocycles. The fourth-order valence-electron chi connectivity index (χ4n) is 2.73. The third-order valence-corrected chi connectivity index (χ3v) is 4.44. The van der Waals surface area contributed by atoms with E-state index in [4.69, 9.17) is 4.74 Å². The summed E-state index contributed by atoms with van der Waals surface area (Å²) in [6.07, 6.45) is -0.439. The standard InChI is InChI=1S/C19H23N5O5S.Na/c1-19(2,3)29-18(26)24(4)9-11-7-15-13(20-11)5-6-14(22-15)17-21-12(10-30(27)28)8-16(25)23-17;/h5-8,20H,9-10H2,1-4H3,(H,27,28)(H,21,23,25);/q;+1/p-1. The SMILES string of the molecule is CN(Cc1cc2nc(-c3nc(O)cc(CS(=O)[O-])n3)ccc2[nH]1)C(=O)OC(C)(C)C.[Na+]. The molecule has 1 unspecified atom stereocenters. The van der Waals surface area contributed by atoms with Gasteiger partial charge in [0.2, 0.25) is 5.88 Å². The fraction of sp³-hybridized carbons (Fsp3) is 0.368. The molecule has 0 radical (unpaired) electrons. The molecule has 3 aromatic rings. The molecule has 0 spiro atoms. The number of carbonyl (C=O) groups excluding carboxylic acids is 1. The van der Waals surface area contributed by atoms with Gasteiger partial charge in [-0.1, -0.05) is 0 Å². The van der Waals surface area contributed by atoms with Crippen LogP contribution >= 0.6 is 0 Å². The van der Waals surface area contributed by atoms with E-state index in [0.29, 0.717) is 17.8 Å². The van der Waals surface area contributed by atoms with Crippen molar-refractivity contribution in [1.29, 1.82) is 0 Å². The predicted octanol–water partition coefficient (Wildman–Crippen LogP) is -0.524. The molecule has 3 heterocycles. The van der Waals surface area contributed by atoms with Gasteiger partial charge in [-0.05, 0) is 50.1 Å². The van der Waals surface area contributed by atoms with Gasteiger partial charge in [-0.2, -0.15) is 4.98 Å². The molecule has 2 N–H and O–H groups in total. The third kappa shape index (κ3) is 6.97. The number of carbonyl (C=O) groups is 1. The normalized spacial score (nSPS) is 12.3. The Morgan fingerprint density at radius 2 is 1.97 bits per heavy atom. The van der Waals surface area contributed by atoms with Crippen LogP contribution in [0, 0.1) is 0 Å². The van der Waals surface area contributed by atoms with Crippen LogP contribution in [0.5, 0.6) is 5.88 Å². The average Bonchev–Trinajstić information content (AvgIpc) is 3.00. The maximum absolute atomic E-state index is 12.1. The van der Waals surface area contributed by atoms with Crippen LogP contribution in [0.4, 0.5) is 4.79 Å². The first-order valence-electron chi connectivity index (χ1n) is 9.06. The average molecular weight is 455 g/mol. The van der Waals surface area contributed by atoms with E-state index in [2.05, 4.69) is 19.9 Å². The molecule has 0 aliphatic rings. The van der Waals surface area contributed by atoms with Crippen molar-refractivity contribution in [1.82, 2.24) is 24.8 Å². The monoisotopic (exact) mass is 455 g/mol. The fourth-order valence-corrected chi connectivity index (χ4v) is 3.12. The zero-order valence-corrected chi connectivity index (χ0v) is 20.8. The van der Waals surface area contributed by atoms with Gasteiger partial charge in [-0.3, -0.25) is 4.21 Å². The smallest absolute Gasteiger partial charge is 0.772 e. The molecule has 0 aliphatic heterocycles. The number of hydrogen-bond acceptors (Lipinski definition) is 8. The van der Waals surface area contributed by atoms with Gasteiger partial charge in [0.25, 0.3) is 0 Å². The van der Waals surface area contributed by atoms with Crippen LogP contribution in [0.15, 0.2) is 24.3 Å². The molecule has 10 nitrogen and oxygen atoms in total. The molecule has 0 aromatic carbocycles. The van der Waals surface area contributed by atoms with Gasteiger partial charge in [0, 0.05) is 18.8 Å². The summed E-state index contributed by atoms with van der Waals surface area (Å²) in [5.41, 5.74) is 2.07. The number of rotatable bonds is 5. The van der Waals surface area contributed by atoms with Gasteiger partial charge in [-0.25, -0.2) is 14.8 Å².